The highest BCUT2D eigenvalue weighted by atomic mass is 35.5. The van der Waals surface area contributed by atoms with E-state index in [1.807, 2.05) is 17.6 Å². The van der Waals surface area contributed by atoms with Crippen LogP contribution in [-0.4, -0.2) is 40.4 Å². The summed E-state index contributed by atoms with van der Waals surface area (Å²) in [5.74, 6) is 0.0517. The minimum Gasteiger partial charge on any atom is -0.495 e. The molecule has 1 aromatic carbocycles. The van der Waals surface area contributed by atoms with Crippen LogP contribution in [0.5, 0.6) is 11.6 Å². The first-order valence-corrected chi connectivity index (χ1v) is 11.4. The number of carbonyl (C=O) groups is 2. The second-order valence-electron chi connectivity index (χ2n) is 7.76. The first kappa shape index (κ1) is 24.5. The molecule has 0 saturated carbocycles. The van der Waals surface area contributed by atoms with Crippen molar-refractivity contribution in [3.05, 3.63) is 75.7 Å². The largest absolute Gasteiger partial charge is 0.495 e. The lowest BCUT2D eigenvalue weighted by Gasteiger charge is -2.10. The van der Waals surface area contributed by atoms with Crippen molar-refractivity contribution in [1.29, 1.82) is 0 Å². The van der Waals surface area contributed by atoms with Gasteiger partial charge in [0.05, 0.1) is 33.4 Å². The van der Waals surface area contributed by atoms with E-state index in [1.54, 1.807) is 36.5 Å². The molecule has 3 heterocycles. The third kappa shape index (κ3) is 5.23. The number of pyridine rings is 2. The third-order valence-corrected chi connectivity index (χ3v) is 6.13. The Morgan fingerprint density at radius 1 is 1.06 bits per heavy atom. The zero-order valence-corrected chi connectivity index (χ0v) is 20.8. The summed E-state index contributed by atoms with van der Waals surface area (Å²) >= 11 is 12.4. The number of halogens is 2. The number of methoxy groups -OCH3 is 2. The molecule has 0 bridgehead atoms. The van der Waals surface area contributed by atoms with Crippen molar-refractivity contribution in [2.75, 3.05) is 19.5 Å². The van der Waals surface area contributed by atoms with Gasteiger partial charge in [-0.3, -0.25) is 9.59 Å². The Bertz CT molecular complexity index is 1430. The van der Waals surface area contributed by atoms with Gasteiger partial charge >= 0.3 is 0 Å². The SMILES string of the molecule is COc1cnc2c(c1)c(C(=O)CC(=O)Nc1ccnc(OC)c1)c(C)n2Cc1ccc(Cl)cc1Cl. The summed E-state index contributed by atoms with van der Waals surface area (Å²) in [5.41, 5.74) is 2.94. The molecule has 0 aliphatic rings. The van der Waals surface area contributed by atoms with Crippen LogP contribution in [0.25, 0.3) is 11.0 Å². The maximum Gasteiger partial charge on any atom is 0.232 e. The van der Waals surface area contributed by atoms with Gasteiger partial charge in [0.25, 0.3) is 0 Å². The average molecular weight is 513 g/mol. The molecule has 8 nitrogen and oxygen atoms in total. The van der Waals surface area contributed by atoms with Gasteiger partial charge in [-0.2, -0.15) is 0 Å². The van der Waals surface area contributed by atoms with E-state index < -0.39 is 5.91 Å². The van der Waals surface area contributed by atoms with Crippen LogP contribution in [0.3, 0.4) is 0 Å². The van der Waals surface area contributed by atoms with Crippen LogP contribution in [0.1, 0.15) is 28.0 Å². The summed E-state index contributed by atoms with van der Waals surface area (Å²) in [6.07, 6.45) is 2.73. The van der Waals surface area contributed by atoms with E-state index in [0.29, 0.717) is 56.2 Å². The van der Waals surface area contributed by atoms with E-state index in [4.69, 9.17) is 32.7 Å². The van der Waals surface area contributed by atoms with E-state index in [9.17, 15) is 9.59 Å². The van der Waals surface area contributed by atoms with E-state index in [-0.39, 0.29) is 12.2 Å². The molecule has 10 heteroatoms. The highest BCUT2D eigenvalue weighted by Gasteiger charge is 2.24. The molecule has 4 rings (SSSR count). The fraction of sp³-hybridized carbons (Fsp3) is 0.200. The van der Waals surface area contributed by atoms with Gasteiger partial charge in [-0.25, -0.2) is 9.97 Å². The molecule has 0 atom stereocenters. The molecule has 0 fully saturated rings. The second kappa shape index (κ2) is 10.3. The minimum absolute atomic E-state index is 0.345. The standard InChI is InChI=1S/C25H22Cl2N4O4/c1-14-24(21(32)11-22(33)30-17-6-7-28-23(9-17)35-3)19-10-18(34-2)12-29-25(19)31(14)13-15-4-5-16(26)8-20(15)27/h4-10,12H,11,13H2,1-3H3,(H,28,30,33). The number of hydrogen-bond acceptors (Lipinski definition) is 6. The fourth-order valence-electron chi connectivity index (χ4n) is 3.84. The van der Waals surface area contributed by atoms with Crippen molar-refractivity contribution in [1.82, 2.24) is 14.5 Å². The Labute approximate surface area is 211 Å². The predicted octanol–water partition coefficient (Wildman–Crippen LogP) is 5.32. The molecule has 35 heavy (non-hydrogen) atoms. The van der Waals surface area contributed by atoms with E-state index in [0.717, 1.165) is 5.56 Å². The Balaban J connectivity index is 1.68. The lowest BCUT2D eigenvalue weighted by atomic mass is 10.0. The van der Waals surface area contributed by atoms with Gasteiger partial charge in [0, 0.05) is 44.6 Å². The molecule has 0 aliphatic heterocycles. The number of nitrogens with zero attached hydrogens (tertiary/aromatic N) is 3. The first-order valence-electron chi connectivity index (χ1n) is 10.6. The molecule has 4 aromatic rings. The third-order valence-electron chi connectivity index (χ3n) is 5.54. The molecule has 1 amide bonds. The molecular weight excluding hydrogens is 491 g/mol. The number of nitrogens with one attached hydrogen (secondary N) is 1. The molecule has 3 aromatic heterocycles. The number of amides is 1. The molecule has 180 valence electrons. The van der Waals surface area contributed by atoms with Crippen molar-refractivity contribution < 1.29 is 19.1 Å². The lowest BCUT2D eigenvalue weighted by molar-refractivity contribution is -0.115. The van der Waals surface area contributed by atoms with Crippen LogP contribution in [0.2, 0.25) is 10.0 Å². The fourth-order valence-corrected chi connectivity index (χ4v) is 4.31. The van der Waals surface area contributed by atoms with Crippen molar-refractivity contribution >= 4 is 51.6 Å². The quantitative estimate of drug-likeness (QED) is 0.253. The molecule has 0 radical (unpaired) electrons. The van der Waals surface area contributed by atoms with Gasteiger partial charge in [-0.1, -0.05) is 29.3 Å². The van der Waals surface area contributed by atoms with Crippen molar-refractivity contribution in [2.45, 2.75) is 19.9 Å². The monoisotopic (exact) mass is 512 g/mol. The smallest absolute Gasteiger partial charge is 0.232 e. The van der Waals surface area contributed by atoms with Crippen molar-refractivity contribution in [3.63, 3.8) is 0 Å². The Kier molecular flexibility index (Phi) is 7.23. The second-order valence-corrected chi connectivity index (χ2v) is 8.61. The minimum atomic E-state index is -0.458. The van der Waals surface area contributed by atoms with Gasteiger partial charge in [0.2, 0.25) is 11.8 Å². The predicted molar refractivity (Wildman–Crippen MR) is 135 cm³/mol. The number of hydrogen-bond donors (Lipinski definition) is 1. The molecule has 1 N–H and O–H groups in total. The van der Waals surface area contributed by atoms with Crippen LogP contribution in [0.4, 0.5) is 5.69 Å². The topological polar surface area (TPSA) is 95.3 Å². The Hall–Kier alpha value is -3.62. The summed E-state index contributed by atoms with van der Waals surface area (Å²) in [7, 11) is 3.01. The Morgan fingerprint density at radius 3 is 2.57 bits per heavy atom. The highest BCUT2D eigenvalue weighted by Crippen LogP contribution is 2.31. The van der Waals surface area contributed by atoms with E-state index >= 15 is 0 Å². The van der Waals surface area contributed by atoms with Crippen LogP contribution < -0.4 is 14.8 Å². The molecule has 0 unspecified atom stereocenters. The van der Waals surface area contributed by atoms with Crippen molar-refractivity contribution in [3.8, 4) is 11.6 Å². The van der Waals surface area contributed by atoms with Gasteiger partial charge in [0.1, 0.15) is 11.4 Å². The number of rotatable bonds is 8. The molecule has 0 saturated heterocycles. The first-order chi connectivity index (χ1) is 16.8. The van der Waals surface area contributed by atoms with Crippen LogP contribution in [0, 0.1) is 6.92 Å². The number of benzene rings is 1. The Morgan fingerprint density at radius 2 is 1.86 bits per heavy atom. The lowest BCUT2D eigenvalue weighted by Crippen LogP contribution is -2.17. The van der Waals surface area contributed by atoms with Crippen molar-refractivity contribution in [2.24, 2.45) is 0 Å². The summed E-state index contributed by atoms with van der Waals surface area (Å²) in [6, 6.07) is 10.2. The normalized spacial score (nSPS) is 10.9. The summed E-state index contributed by atoms with van der Waals surface area (Å²) < 4.78 is 12.3. The van der Waals surface area contributed by atoms with Crippen LogP contribution in [0.15, 0.2) is 48.8 Å². The maximum atomic E-state index is 13.4. The number of aromatic nitrogens is 3. The number of ether oxygens (including phenoxy) is 2. The van der Waals surface area contributed by atoms with Gasteiger partial charge < -0.3 is 19.4 Å². The number of anilines is 1. The van der Waals surface area contributed by atoms with E-state index in [2.05, 4.69) is 15.3 Å². The summed E-state index contributed by atoms with van der Waals surface area (Å²) in [5, 5.41) is 4.34. The van der Waals surface area contributed by atoms with Gasteiger partial charge in [-0.15, -0.1) is 0 Å². The highest BCUT2D eigenvalue weighted by molar-refractivity contribution is 6.35. The van der Waals surface area contributed by atoms with E-state index in [1.165, 1.54) is 20.4 Å². The summed E-state index contributed by atoms with van der Waals surface area (Å²) in [4.78, 5) is 34.6. The number of fused-ring (bicyclic) bond motifs is 1. The molecular formula is C25H22Cl2N4O4. The summed E-state index contributed by atoms with van der Waals surface area (Å²) in [6.45, 7) is 2.19. The molecule has 0 aliphatic carbocycles. The number of ketones is 1. The molecule has 0 spiro atoms. The number of carbonyl (C=O) groups excluding carboxylic acids is 2. The average Bonchev–Trinajstić information content (AvgIpc) is 3.11. The zero-order valence-electron chi connectivity index (χ0n) is 19.3. The maximum absolute atomic E-state index is 13.4. The van der Waals surface area contributed by atoms with Gasteiger partial charge in [-0.05, 0) is 36.8 Å². The zero-order chi connectivity index (χ0) is 25.1. The van der Waals surface area contributed by atoms with Crippen LogP contribution >= 0.6 is 23.2 Å². The van der Waals surface area contributed by atoms with Crippen LogP contribution in [-0.2, 0) is 11.3 Å². The number of Topliss-reactive ketones (excluding diaryl/α,β-unsaturated/α-hetero) is 1. The van der Waals surface area contributed by atoms with Gasteiger partial charge in [0.15, 0.2) is 5.78 Å².